The molecule has 0 amide bonds. The Balaban J connectivity index is -0.0000000806. The molecule has 0 saturated heterocycles. The van der Waals surface area contributed by atoms with E-state index in [1.807, 2.05) is 165 Å². The number of benzene rings is 3. The zero-order valence-electron chi connectivity index (χ0n) is 21.1. The van der Waals surface area contributed by atoms with E-state index < -0.39 is 0 Å². The minimum absolute atomic E-state index is 1.25. The minimum Gasteiger partial charge on any atom is -0.0683 e. The van der Waals surface area contributed by atoms with Crippen molar-refractivity contribution < 1.29 is 0 Å². The number of hydrogen-bond donors (Lipinski definition) is 0. The molecule has 0 atom stereocenters. The predicted molar refractivity (Wildman–Crippen MR) is 141 cm³/mol. The summed E-state index contributed by atoms with van der Waals surface area (Å²) in [5.74, 6) is 0. The smallest absolute Gasteiger partial charge is 0.0590 e. The predicted octanol–water partition coefficient (Wildman–Crippen LogP) is 10.6. The fraction of sp³-hybridized carbons (Fsp3) is 0.379. The maximum absolute atomic E-state index is 2.12. The highest BCUT2D eigenvalue weighted by Crippen LogP contribution is 1.81. The summed E-state index contributed by atoms with van der Waals surface area (Å²) in [6, 6.07) is 36.0. The maximum Gasteiger partial charge on any atom is -0.0590 e. The molecule has 0 bridgehead atoms. The summed E-state index contributed by atoms with van der Waals surface area (Å²) in [7, 11) is 0. The van der Waals surface area contributed by atoms with Crippen molar-refractivity contribution in [2.75, 3.05) is 0 Å². The van der Waals surface area contributed by atoms with Crippen LogP contribution in [0.15, 0.2) is 109 Å². The first-order chi connectivity index (χ1) is 14.4. The van der Waals surface area contributed by atoms with E-state index in [0.29, 0.717) is 0 Å². The van der Waals surface area contributed by atoms with Gasteiger partial charge in [0.1, 0.15) is 0 Å². The van der Waals surface area contributed by atoms with Crippen LogP contribution in [0, 0.1) is 0 Å². The summed E-state index contributed by atoms with van der Waals surface area (Å²) in [4.78, 5) is 0. The van der Waals surface area contributed by atoms with Crippen molar-refractivity contribution in [3.63, 3.8) is 0 Å². The highest BCUT2D eigenvalue weighted by molar-refractivity contribution is 5.00. The molecule has 166 valence electrons. The summed E-state index contributed by atoms with van der Waals surface area (Å²) in [6.07, 6.45) is 1.25. The Morgan fingerprint density at radius 3 is 0.310 bits per heavy atom. The van der Waals surface area contributed by atoms with E-state index in [0.717, 1.165) is 0 Å². The lowest BCUT2D eigenvalue weighted by Crippen LogP contribution is -1.47. The second kappa shape index (κ2) is 56.2. The van der Waals surface area contributed by atoms with Crippen LogP contribution in [-0.2, 0) is 0 Å². The molecular formula is C29H50. The van der Waals surface area contributed by atoms with Crippen molar-refractivity contribution in [3.05, 3.63) is 109 Å². The van der Waals surface area contributed by atoms with E-state index in [1.54, 1.807) is 0 Å². The van der Waals surface area contributed by atoms with E-state index in [4.69, 9.17) is 0 Å². The summed E-state index contributed by atoms with van der Waals surface area (Å²) in [6.45, 7) is 20.2. The standard InChI is InChI=1S/3C6H6.C3H8.4C2H6/c3*1-2-4-6-5-3-1;1-3-2;4*1-2/h3*1-6H;3H2,1-2H3;4*1-2H3. The zero-order chi connectivity index (χ0) is 23.4. The normalized spacial score (nSPS) is 6.41. The minimum atomic E-state index is 1.25. The van der Waals surface area contributed by atoms with E-state index in [2.05, 4.69) is 13.8 Å². The van der Waals surface area contributed by atoms with Gasteiger partial charge in [-0.05, 0) is 0 Å². The molecule has 0 aliphatic carbocycles. The van der Waals surface area contributed by atoms with Crippen molar-refractivity contribution in [3.8, 4) is 0 Å². The molecule has 0 aliphatic heterocycles. The lowest BCUT2D eigenvalue weighted by Gasteiger charge is -1.69. The molecule has 0 unspecified atom stereocenters. The largest absolute Gasteiger partial charge is 0.0683 e. The van der Waals surface area contributed by atoms with E-state index in [9.17, 15) is 0 Å². The summed E-state index contributed by atoms with van der Waals surface area (Å²) in [5, 5.41) is 0. The topological polar surface area (TPSA) is 0 Å². The third-order valence-corrected chi connectivity index (χ3v) is 2.00. The van der Waals surface area contributed by atoms with Gasteiger partial charge in [0, 0.05) is 0 Å². The quantitative estimate of drug-likeness (QED) is 0.353. The molecule has 0 N–H and O–H groups in total. The maximum atomic E-state index is 2.12. The first-order valence-corrected chi connectivity index (χ1v) is 11.4. The van der Waals surface area contributed by atoms with Gasteiger partial charge in [0.05, 0.1) is 0 Å². The third kappa shape index (κ3) is 58.6. The second-order valence-corrected chi connectivity index (χ2v) is 4.17. The van der Waals surface area contributed by atoms with Crippen LogP contribution in [0.5, 0.6) is 0 Å². The van der Waals surface area contributed by atoms with Gasteiger partial charge in [-0.3, -0.25) is 0 Å². The van der Waals surface area contributed by atoms with Crippen LogP contribution in [0.2, 0.25) is 0 Å². The van der Waals surface area contributed by atoms with Crippen molar-refractivity contribution in [1.29, 1.82) is 0 Å². The van der Waals surface area contributed by atoms with Crippen LogP contribution < -0.4 is 0 Å². The average Bonchev–Trinajstić information content (AvgIpc) is 2.89. The van der Waals surface area contributed by atoms with E-state index in [-0.39, 0.29) is 0 Å². The third-order valence-electron chi connectivity index (χ3n) is 2.00. The van der Waals surface area contributed by atoms with Gasteiger partial charge in [-0.2, -0.15) is 0 Å². The van der Waals surface area contributed by atoms with Crippen LogP contribution in [-0.4, -0.2) is 0 Å². The van der Waals surface area contributed by atoms with Gasteiger partial charge in [0.25, 0.3) is 0 Å². The van der Waals surface area contributed by atoms with Crippen LogP contribution in [0.25, 0.3) is 0 Å². The molecule has 0 aromatic heterocycles. The highest BCUT2D eigenvalue weighted by Gasteiger charge is 1.59. The molecule has 0 heteroatoms. The molecule has 0 fully saturated rings. The Labute approximate surface area is 185 Å². The lowest BCUT2D eigenvalue weighted by atomic mass is 10.4. The summed E-state index contributed by atoms with van der Waals surface area (Å²) < 4.78 is 0. The van der Waals surface area contributed by atoms with Crippen molar-refractivity contribution >= 4 is 0 Å². The Bertz CT molecular complexity index is 305. The fourth-order valence-electron chi connectivity index (χ4n) is 1.15. The van der Waals surface area contributed by atoms with Crippen LogP contribution in [0.4, 0.5) is 0 Å². The molecule has 0 radical (unpaired) electrons. The van der Waals surface area contributed by atoms with Gasteiger partial charge < -0.3 is 0 Å². The Hall–Kier alpha value is -2.34. The van der Waals surface area contributed by atoms with Gasteiger partial charge in [0.2, 0.25) is 0 Å². The first kappa shape index (κ1) is 37.4. The van der Waals surface area contributed by atoms with Gasteiger partial charge in [-0.15, -0.1) is 0 Å². The molecule has 0 saturated carbocycles. The molecule has 0 nitrogen and oxygen atoms in total. The van der Waals surface area contributed by atoms with Crippen molar-refractivity contribution in [1.82, 2.24) is 0 Å². The molecule has 29 heavy (non-hydrogen) atoms. The molecule has 3 aromatic carbocycles. The van der Waals surface area contributed by atoms with E-state index >= 15 is 0 Å². The van der Waals surface area contributed by atoms with Gasteiger partial charge in [-0.1, -0.05) is 185 Å². The molecule has 0 spiro atoms. The highest BCUT2D eigenvalue weighted by atomic mass is 13.7. The molecule has 0 aliphatic rings. The van der Waals surface area contributed by atoms with Crippen LogP contribution in [0.1, 0.15) is 75.7 Å². The Morgan fingerprint density at radius 1 is 0.241 bits per heavy atom. The SMILES string of the molecule is CC.CC.CC.CC.CCC.c1ccccc1.c1ccccc1.c1ccccc1. The van der Waals surface area contributed by atoms with Crippen molar-refractivity contribution in [2.24, 2.45) is 0 Å². The molecule has 3 aromatic rings. The van der Waals surface area contributed by atoms with Gasteiger partial charge in [-0.25, -0.2) is 0 Å². The Morgan fingerprint density at radius 2 is 0.276 bits per heavy atom. The molecule has 3 rings (SSSR count). The van der Waals surface area contributed by atoms with Gasteiger partial charge >= 0.3 is 0 Å². The lowest BCUT2D eigenvalue weighted by molar-refractivity contribution is 1.09. The van der Waals surface area contributed by atoms with Crippen LogP contribution >= 0.6 is 0 Å². The zero-order valence-corrected chi connectivity index (χ0v) is 21.1. The molecular weight excluding hydrogens is 348 g/mol. The monoisotopic (exact) mass is 398 g/mol. The first-order valence-electron chi connectivity index (χ1n) is 11.4. The van der Waals surface area contributed by atoms with Gasteiger partial charge in [0.15, 0.2) is 0 Å². The number of hydrogen-bond acceptors (Lipinski definition) is 0. The van der Waals surface area contributed by atoms with Crippen LogP contribution in [0.3, 0.4) is 0 Å². The number of rotatable bonds is 0. The van der Waals surface area contributed by atoms with Crippen molar-refractivity contribution in [2.45, 2.75) is 75.7 Å². The van der Waals surface area contributed by atoms with E-state index in [1.165, 1.54) is 6.42 Å². The Kier molecular flexibility index (Phi) is 72.5. The second-order valence-electron chi connectivity index (χ2n) is 4.17. The fourth-order valence-corrected chi connectivity index (χ4v) is 1.15. The average molecular weight is 399 g/mol. The summed E-state index contributed by atoms with van der Waals surface area (Å²) in [5.41, 5.74) is 0. The summed E-state index contributed by atoms with van der Waals surface area (Å²) >= 11 is 0. The molecule has 0 heterocycles.